The third kappa shape index (κ3) is 6.69. The lowest BCUT2D eigenvalue weighted by Crippen LogP contribution is -2.46. The molecule has 0 amide bonds. The molecule has 0 radical (unpaired) electrons. The summed E-state index contributed by atoms with van der Waals surface area (Å²) in [4.78, 5) is 6.82. The third-order valence-corrected chi connectivity index (χ3v) is 3.25. The zero-order valence-electron chi connectivity index (χ0n) is 13.1. The molecule has 0 aliphatic carbocycles. The van der Waals surface area contributed by atoms with Gasteiger partial charge in [0.15, 0.2) is 0 Å². The van der Waals surface area contributed by atoms with Crippen molar-refractivity contribution >= 4 is 0 Å². The van der Waals surface area contributed by atoms with Crippen molar-refractivity contribution in [3.63, 3.8) is 0 Å². The summed E-state index contributed by atoms with van der Waals surface area (Å²) in [7, 11) is 2.19. The van der Waals surface area contributed by atoms with E-state index < -0.39 is 0 Å². The summed E-state index contributed by atoms with van der Waals surface area (Å²) < 4.78 is 0. The number of nitrogens with one attached hydrogen (secondary N) is 1. The van der Waals surface area contributed by atoms with E-state index >= 15 is 0 Å². The average Bonchev–Trinajstić information content (AvgIpc) is 2.34. The second-order valence-electron chi connectivity index (χ2n) is 6.31. The minimum Gasteiger partial charge on any atom is -0.311 e. The maximum absolute atomic E-state index is 4.41. The van der Waals surface area contributed by atoms with E-state index in [0.717, 1.165) is 18.8 Å². The highest BCUT2D eigenvalue weighted by atomic mass is 15.2. The van der Waals surface area contributed by atoms with E-state index in [9.17, 15) is 0 Å². The van der Waals surface area contributed by atoms with E-state index in [-0.39, 0.29) is 5.54 Å². The molecule has 1 rings (SSSR count). The maximum atomic E-state index is 4.41. The van der Waals surface area contributed by atoms with E-state index in [1.807, 2.05) is 12.3 Å². The molecule has 108 valence electrons. The Bertz CT molecular complexity index is 343. The molecule has 0 aromatic carbocycles. The van der Waals surface area contributed by atoms with Crippen molar-refractivity contribution in [2.24, 2.45) is 0 Å². The quantitative estimate of drug-likeness (QED) is 0.819. The fourth-order valence-corrected chi connectivity index (χ4v) is 2.11. The summed E-state index contributed by atoms with van der Waals surface area (Å²) in [6, 6.07) is 6.68. The van der Waals surface area contributed by atoms with Gasteiger partial charge in [-0.2, -0.15) is 0 Å². The van der Waals surface area contributed by atoms with Crippen molar-refractivity contribution in [2.75, 3.05) is 13.6 Å². The van der Waals surface area contributed by atoms with E-state index in [1.165, 1.54) is 12.8 Å². The Morgan fingerprint density at radius 1 is 1.32 bits per heavy atom. The van der Waals surface area contributed by atoms with Crippen molar-refractivity contribution in [3.8, 4) is 0 Å². The van der Waals surface area contributed by atoms with Gasteiger partial charge in [-0.25, -0.2) is 0 Å². The van der Waals surface area contributed by atoms with Crippen LogP contribution in [0.3, 0.4) is 0 Å². The van der Waals surface area contributed by atoms with Gasteiger partial charge >= 0.3 is 0 Å². The lowest BCUT2D eigenvalue weighted by atomic mass is 10.1. The monoisotopic (exact) mass is 263 g/mol. The number of rotatable bonds is 7. The molecule has 0 bridgehead atoms. The van der Waals surface area contributed by atoms with Crippen molar-refractivity contribution in [1.82, 2.24) is 15.2 Å². The molecule has 0 aliphatic heterocycles. The van der Waals surface area contributed by atoms with Gasteiger partial charge in [0, 0.05) is 30.9 Å². The molecule has 1 atom stereocenters. The second-order valence-corrected chi connectivity index (χ2v) is 6.31. The Morgan fingerprint density at radius 3 is 2.58 bits per heavy atom. The first-order valence-electron chi connectivity index (χ1n) is 7.27. The molecule has 0 aliphatic rings. The van der Waals surface area contributed by atoms with Crippen LogP contribution >= 0.6 is 0 Å². The summed E-state index contributed by atoms with van der Waals surface area (Å²) in [5.74, 6) is 0. The normalized spacial score (nSPS) is 13.8. The van der Waals surface area contributed by atoms with Gasteiger partial charge < -0.3 is 5.32 Å². The molecule has 3 heteroatoms. The summed E-state index contributed by atoms with van der Waals surface area (Å²) in [5.41, 5.74) is 1.32. The summed E-state index contributed by atoms with van der Waals surface area (Å²) in [6.07, 6.45) is 4.29. The SMILES string of the molecule is CCCC(CNC(C)(C)C)N(C)Cc1ccccn1. The smallest absolute Gasteiger partial charge is 0.0543 e. The van der Waals surface area contributed by atoms with Gasteiger partial charge in [-0.3, -0.25) is 9.88 Å². The van der Waals surface area contributed by atoms with E-state index in [1.54, 1.807) is 0 Å². The van der Waals surface area contributed by atoms with Crippen LogP contribution in [-0.4, -0.2) is 35.1 Å². The van der Waals surface area contributed by atoms with Gasteiger partial charge in [-0.05, 0) is 46.4 Å². The van der Waals surface area contributed by atoms with Crippen LogP contribution in [0.25, 0.3) is 0 Å². The topological polar surface area (TPSA) is 28.2 Å². The highest BCUT2D eigenvalue weighted by Gasteiger charge is 2.17. The second kappa shape index (κ2) is 7.61. The Morgan fingerprint density at radius 2 is 2.05 bits per heavy atom. The summed E-state index contributed by atoms with van der Waals surface area (Å²) in [5, 5.41) is 3.61. The Hall–Kier alpha value is -0.930. The molecule has 1 heterocycles. The Kier molecular flexibility index (Phi) is 6.46. The molecule has 1 aromatic rings. The molecule has 3 nitrogen and oxygen atoms in total. The molecule has 1 N–H and O–H groups in total. The zero-order valence-corrected chi connectivity index (χ0v) is 13.1. The van der Waals surface area contributed by atoms with Gasteiger partial charge in [0.1, 0.15) is 0 Å². The van der Waals surface area contributed by atoms with Gasteiger partial charge in [0.25, 0.3) is 0 Å². The fraction of sp³-hybridized carbons (Fsp3) is 0.688. The van der Waals surface area contributed by atoms with Gasteiger partial charge in [-0.15, -0.1) is 0 Å². The number of hydrogen-bond donors (Lipinski definition) is 1. The van der Waals surface area contributed by atoms with Crippen LogP contribution in [0.5, 0.6) is 0 Å². The van der Waals surface area contributed by atoms with Gasteiger partial charge in [0.05, 0.1) is 5.69 Å². The number of hydrogen-bond acceptors (Lipinski definition) is 3. The predicted octanol–water partition coefficient (Wildman–Crippen LogP) is 3.07. The van der Waals surface area contributed by atoms with Crippen LogP contribution in [0.4, 0.5) is 0 Å². The van der Waals surface area contributed by atoms with Crippen molar-refractivity contribution < 1.29 is 0 Å². The van der Waals surface area contributed by atoms with Crippen LogP contribution in [0.15, 0.2) is 24.4 Å². The molecule has 0 saturated heterocycles. The average molecular weight is 263 g/mol. The van der Waals surface area contributed by atoms with Crippen molar-refractivity contribution in [3.05, 3.63) is 30.1 Å². The number of aromatic nitrogens is 1. The van der Waals surface area contributed by atoms with Gasteiger partial charge in [0.2, 0.25) is 0 Å². The lowest BCUT2D eigenvalue weighted by molar-refractivity contribution is 0.200. The highest BCUT2D eigenvalue weighted by molar-refractivity contribution is 5.03. The molecule has 0 saturated carbocycles. The van der Waals surface area contributed by atoms with Gasteiger partial charge in [-0.1, -0.05) is 19.4 Å². The van der Waals surface area contributed by atoms with E-state index in [2.05, 4.69) is 62.1 Å². The molecule has 0 fully saturated rings. The number of nitrogens with zero attached hydrogens (tertiary/aromatic N) is 2. The molecule has 19 heavy (non-hydrogen) atoms. The Balaban J connectivity index is 2.54. The number of likely N-dealkylation sites (N-methyl/N-ethyl adjacent to an activating group) is 1. The van der Waals surface area contributed by atoms with Crippen molar-refractivity contribution in [1.29, 1.82) is 0 Å². The fourth-order valence-electron chi connectivity index (χ4n) is 2.11. The maximum Gasteiger partial charge on any atom is 0.0543 e. The van der Waals surface area contributed by atoms with Crippen LogP contribution in [0.1, 0.15) is 46.2 Å². The predicted molar refractivity (Wildman–Crippen MR) is 82.2 cm³/mol. The number of pyridine rings is 1. The highest BCUT2D eigenvalue weighted by Crippen LogP contribution is 2.10. The lowest BCUT2D eigenvalue weighted by Gasteiger charge is -2.31. The molecule has 1 aromatic heterocycles. The van der Waals surface area contributed by atoms with E-state index in [0.29, 0.717) is 6.04 Å². The van der Waals surface area contributed by atoms with Crippen LogP contribution in [0.2, 0.25) is 0 Å². The van der Waals surface area contributed by atoms with E-state index in [4.69, 9.17) is 0 Å². The first-order chi connectivity index (χ1) is 8.92. The minimum atomic E-state index is 0.178. The minimum absolute atomic E-state index is 0.178. The van der Waals surface area contributed by atoms with Crippen molar-refractivity contribution in [2.45, 2.75) is 58.7 Å². The molecular formula is C16H29N3. The van der Waals surface area contributed by atoms with Crippen LogP contribution in [-0.2, 0) is 6.54 Å². The summed E-state index contributed by atoms with van der Waals surface area (Å²) >= 11 is 0. The molecule has 1 unspecified atom stereocenters. The first-order valence-corrected chi connectivity index (χ1v) is 7.27. The zero-order chi connectivity index (χ0) is 14.3. The standard InChI is InChI=1S/C16H29N3/c1-6-9-15(12-18-16(2,3)4)19(5)13-14-10-7-8-11-17-14/h7-8,10-11,15,18H,6,9,12-13H2,1-5H3. The summed E-state index contributed by atoms with van der Waals surface area (Å²) in [6.45, 7) is 10.8. The molecule has 0 spiro atoms. The Labute approximate surface area is 118 Å². The van der Waals surface area contributed by atoms with Crippen LogP contribution < -0.4 is 5.32 Å². The van der Waals surface area contributed by atoms with Crippen LogP contribution in [0, 0.1) is 0 Å². The first kappa shape index (κ1) is 16.1. The third-order valence-electron chi connectivity index (χ3n) is 3.25. The molecular weight excluding hydrogens is 234 g/mol. The largest absolute Gasteiger partial charge is 0.311 e.